The van der Waals surface area contributed by atoms with Crippen molar-refractivity contribution < 1.29 is 9.59 Å². The van der Waals surface area contributed by atoms with Gasteiger partial charge in [0.2, 0.25) is 11.8 Å². The zero-order valence-electron chi connectivity index (χ0n) is 13.9. The Morgan fingerprint density at radius 2 is 1.96 bits per heavy atom. The highest BCUT2D eigenvalue weighted by atomic mass is 32.1. The molecule has 3 rings (SSSR count). The topological polar surface area (TPSA) is 71.1 Å². The number of amides is 2. The SMILES string of the molecule is CC(=O)Nc1nc2ccc(CC(=O)NC3CCCCCC3)cc2s1. The first-order valence-corrected chi connectivity index (χ1v) is 9.38. The summed E-state index contributed by atoms with van der Waals surface area (Å²) >= 11 is 1.43. The Morgan fingerprint density at radius 1 is 1.21 bits per heavy atom. The van der Waals surface area contributed by atoms with Crippen molar-refractivity contribution in [1.29, 1.82) is 0 Å². The van der Waals surface area contributed by atoms with Crippen LogP contribution in [0, 0.1) is 0 Å². The number of fused-ring (bicyclic) bond motifs is 1. The van der Waals surface area contributed by atoms with Crippen LogP contribution in [-0.4, -0.2) is 22.8 Å². The fourth-order valence-electron chi connectivity index (χ4n) is 3.17. The Kier molecular flexibility index (Phi) is 5.45. The number of carbonyl (C=O) groups is 2. The molecule has 1 aliphatic rings. The third kappa shape index (κ3) is 4.54. The Bertz CT molecular complexity index is 733. The fraction of sp³-hybridized carbons (Fsp3) is 0.500. The number of benzene rings is 1. The molecule has 128 valence electrons. The molecule has 2 aromatic rings. The number of aromatic nitrogens is 1. The summed E-state index contributed by atoms with van der Waals surface area (Å²) in [4.78, 5) is 27.8. The van der Waals surface area contributed by atoms with Crippen molar-refractivity contribution in [2.24, 2.45) is 0 Å². The standard InChI is InChI=1S/C18H23N3O2S/c1-12(22)19-18-21-15-9-8-13(10-16(15)24-18)11-17(23)20-14-6-4-2-3-5-7-14/h8-10,14H,2-7,11H2,1H3,(H,20,23)(H,19,21,22). The van der Waals surface area contributed by atoms with E-state index in [0.29, 0.717) is 17.6 Å². The molecule has 24 heavy (non-hydrogen) atoms. The Morgan fingerprint density at radius 3 is 2.67 bits per heavy atom. The summed E-state index contributed by atoms with van der Waals surface area (Å²) in [5, 5.41) is 6.48. The van der Waals surface area contributed by atoms with Gasteiger partial charge in [-0.2, -0.15) is 0 Å². The minimum absolute atomic E-state index is 0.0906. The summed E-state index contributed by atoms with van der Waals surface area (Å²) in [6.07, 6.45) is 7.57. The molecule has 0 radical (unpaired) electrons. The molecule has 1 saturated carbocycles. The lowest BCUT2D eigenvalue weighted by Gasteiger charge is -2.16. The lowest BCUT2D eigenvalue weighted by atomic mass is 10.1. The van der Waals surface area contributed by atoms with Crippen LogP contribution in [0.4, 0.5) is 5.13 Å². The first-order valence-electron chi connectivity index (χ1n) is 8.56. The molecule has 2 amide bonds. The molecule has 2 N–H and O–H groups in total. The van der Waals surface area contributed by atoms with E-state index in [9.17, 15) is 9.59 Å². The van der Waals surface area contributed by atoms with E-state index >= 15 is 0 Å². The van der Waals surface area contributed by atoms with Crippen molar-refractivity contribution in [3.8, 4) is 0 Å². The molecule has 1 heterocycles. The molecule has 5 nitrogen and oxygen atoms in total. The van der Waals surface area contributed by atoms with Gasteiger partial charge in [0.25, 0.3) is 0 Å². The zero-order valence-corrected chi connectivity index (χ0v) is 14.7. The van der Waals surface area contributed by atoms with Crippen LogP contribution in [0.3, 0.4) is 0 Å². The molecule has 1 aromatic carbocycles. The molecule has 0 bridgehead atoms. The highest BCUT2D eigenvalue weighted by Crippen LogP contribution is 2.27. The average Bonchev–Trinajstić information content (AvgIpc) is 2.73. The normalized spacial score (nSPS) is 15.9. The van der Waals surface area contributed by atoms with E-state index in [1.807, 2.05) is 18.2 Å². The maximum Gasteiger partial charge on any atom is 0.224 e. The molecular formula is C18H23N3O2S. The van der Waals surface area contributed by atoms with Gasteiger partial charge in [-0.05, 0) is 30.5 Å². The molecule has 1 aliphatic carbocycles. The number of nitrogens with zero attached hydrogens (tertiary/aromatic N) is 1. The smallest absolute Gasteiger partial charge is 0.224 e. The summed E-state index contributed by atoms with van der Waals surface area (Å²) < 4.78 is 0.985. The molecule has 6 heteroatoms. The summed E-state index contributed by atoms with van der Waals surface area (Å²) in [6.45, 7) is 1.47. The van der Waals surface area contributed by atoms with Crippen LogP contribution in [0.1, 0.15) is 51.0 Å². The van der Waals surface area contributed by atoms with Gasteiger partial charge in [-0.25, -0.2) is 4.98 Å². The van der Waals surface area contributed by atoms with Gasteiger partial charge >= 0.3 is 0 Å². The number of hydrogen-bond acceptors (Lipinski definition) is 4. The molecule has 0 unspecified atom stereocenters. The number of thiazole rings is 1. The van der Waals surface area contributed by atoms with E-state index in [4.69, 9.17) is 0 Å². The van der Waals surface area contributed by atoms with E-state index < -0.39 is 0 Å². The second kappa shape index (κ2) is 7.75. The molecule has 0 spiro atoms. The minimum atomic E-state index is -0.128. The van der Waals surface area contributed by atoms with E-state index in [1.54, 1.807) is 0 Å². The maximum atomic E-state index is 12.3. The number of hydrogen-bond donors (Lipinski definition) is 2. The van der Waals surface area contributed by atoms with Gasteiger partial charge in [0, 0.05) is 13.0 Å². The Labute approximate surface area is 145 Å². The van der Waals surface area contributed by atoms with Gasteiger partial charge in [-0.1, -0.05) is 43.1 Å². The largest absolute Gasteiger partial charge is 0.353 e. The van der Waals surface area contributed by atoms with Gasteiger partial charge in [-0.15, -0.1) is 0 Å². The number of nitrogens with one attached hydrogen (secondary N) is 2. The van der Waals surface area contributed by atoms with Crippen LogP contribution in [0.25, 0.3) is 10.2 Å². The Hall–Kier alpha value is -1.95. The van der Waals surface area contributed by atoms with Crippen LogP contribution in [0.15, 0.2) is 18.2 Å². The average molecular weight is 345 g/mol. The minimum Gasteiger partial charge on any atom is -0.353 e. The molecule has 0 atom stereocenters. The van der Waals surface area contributed by atoms with Gasteiger partial charge in [0.15, 0.2) is 5.13 Å². The molecule has 1 fully saturated rings. The zero-order chi connectivity index (χ0) is 16.9. The summed E-state index contributed by atoms with van der Waals surface area (Å²) in [6, 6.07) is 6.17. The van der Waals surface area contributed by atoms with Crippen molar-refractivity contribution in [2.45, 2.75) is 57.9 Å². The number of anilines is 1. The highest BCUT2D eigenvalue weighted by molar-refractivity contribution is 7.22. The predicted molar refractivity (Wildman–Crippen MR) is 97.3 cm³/mol. The van der Waals surface area contributed by atoms with Crippen LogP contribution < -0.4 is 10.6 Å². The molecule has 0 saturated heterocycles. The fourth-order valence-corrected chi connectivity index (χ4v) is 4.15. The lowest BCUT2D eigenvalue weighted by molar-refractivity contribution is -0.121. The van der Waals surface area contributed by atoms with Crippen LogP contribution in [-0.2, 0) is 16.0 Å². The molecule has 1 aromatic heterocycles. The molecular weight excluding hydrogens is 322 g/mol. The number of carbonyl (C=O) groups excluding carboxylic acids is 2. The Balaban J connectivity index is 1.63. The lowest BCUT2D eigenvalue weighted by Crippen LogP contribution is -2.35. The second-order valence-corrected chi connectivity index (χ2v) is 7.47. The second-order valence-electron chi connectivity index (χ2n) is 6.44. The molecule has 0 aliphatic heterocycles. The third-order valence-corrected chi connectivity index (χ3v) is 5.25. The van der Waals surface area contributed by atoms with E-state index in [2.05, 4.69) is 15.6 Å². The number of rotatable bonds is 4. The summed E-state index contributed by atoms with van der Waals surface area (Å²) in [7, 11) is 0. The van der Waals surface area contributed by atoms with E-state index in [-0.39, 0.29) is 11.8 Å². The first kappa shape index (κ1) is 16.9. The van der Waals surface area contributed by atoms with Crippen LogP contribution in [0.2, 0.25) is 0 Å². The summed E-state index contributed by atoms with van der Waals surface area (Å²) in [5.74, 6) is -0.0371. The van der Waals surface area contributed by atoms with Crippen molar-refractivity contribution in [3.05, 3.63) is 23.8 Å². The van der Waals surface area contributed by atoms with Crippen molar-refractivity contribution >= 4 is 38.5 Å². The van der Waals surface area contributed by atoms with Crippen molar-refractivity contribution in [3.63, 3.8) is 0 Å². The highest BCUT2D eigenvalue weighted by Gasteiger charge is 2.15. The van der Waals surface area contributed by atoms with Crippen molar-refractivity contribution in [2.75, 3.05) is 5.32 Å². The van der Waals surface area contributed by atoms with Gasteiger partial charge in [0.05, 0.1) is 16.6 Å². The van der Waals surface area contributed by atoms with Crippen LogP contribution >= 0.6 is 11.3 Å². The quantitative estimate of drug-likeness (QED) is 0.831. The van der Waals surface area contributed by atoms with Gasteiger partial charge in [0.1, 0.15) is 0 Å². The van der Waals surface area contributed by atoms with E-state index in [1.165, 1.54) is 43.9 Å². The monoisotopic (exact) mass is 345 g/mol. The predicted octanol–water partition coefficient (Wildman–Crippen LogP) is 3.64. The summed E-state index contributed by atoms with van der Waals surface area (Å²) in [5.41, 5.74) is 1.82. The maximum absolute atomic E-state index is 12.3. The van der Waals surface area contributed by atoms with Crippen molar-refractivity contribution in [1.82, 2.24) is 10.3 Å². The van der Waals surface area contributed by atoms with E-state index in [0.717, 1.165) is 28.6 Å². The third-order valence-electron chi connectivity index (χ3n) is 4.32. The van der Waals surface area contributed by atoms with Crippen LogP contribution in [0.5, 0.6) is 0 Å². The van der Waals surface area contributed by atoms with Gasteiger partial charge in [-0.3, -0.25) is 9.59 Å². The first-order chi connectivity index (χ1) is 11.6. The van der Waals surface area contributed by atoms with Gasteiger partial charge < -0.3 is 10.6 Å².